The highest BCUT2D eigenvalue weighted by atomic mass is 16.5. The summed E-state index contributed by atoms with van der Waals surface area (Å²) in [6.07, 6.45) is 13.6. The van der Waals surface area contributed by atoms with Crippen molar-refractivity contribution in [2.75, 3.05) is 0 Å². The van der Waals surface area contributed by atoms with E-state index in [0.29, 0.717) is 12.2 Å². The Kier molecular flexibility index (Phi) is 3.60. The van der Waals surface area contributed by atoms with Crippen molar-refractivity contribution in [2.45, 2.75) is 63.2 Å². The second-order valence-corrected chi connectivity index (χ2v) is 4.52. The molecule has 0 heterocycles. The van der Waals surface area contributed by atoms with Crippen molar-refractivity contribution < 1.29 is 4.74 Å². The van der Waals surface area contributed by atoms with Gasteiger partial charge in [0.2, 0.25) is 0 Å². The zero-order valence-electron chi connectivity index (χ0n) is 8.82. The van der Waals surface area contributed by atoms with Gasteiger partial charge in [-0.15, -0.1) is 0 Å². The van der Waals surface area contributed by atoms with Crippen LogP contribution in [0.3, 0.4) is 0 Å². The Morgan fingerprint density at radius 3 is 2.64 bits per heavy atom. The van der Waals surface area contributed by atoms with Crippen molar-refractivity contribution in [1.82, 2.24) is 0 Å². The lowest BCUT2D eigenvalue weighted by molar-refractivity contribution is -0.0236. The first kappa shape index (κ1) is 10.2. The molecule has 0 aliphatic heterocycles. The van der Waals surface area contributed by atoms with E-state index >= 15 is 0 Å². The standard InChI is InChI=1S/C12H21NO/c13-11-8-4-5-9-12(11)14-10-6-2-1-3-7-10/h2,6,10-12H,1,3-5,7-9,13H2. The van der Waals surface area contributed by atoms with Gasteiger partial charge in [-0.05, 0) is 32.1 Å². The molecule has 2 rings (SSSR count). The molecule has 2 aliphatic carbocycles. The topological polar surface area (TPSA) is 35.2 Å². The maximum Gasteiger partial charge on any atom is 0.0760 e. The van der Waals surface area contributed by atoms with Gasteiger partial charge in [-0.1, -0.05) is 25.0 Å². The third-order valence-electron chi connectivity index (χ3n) is 3.31. The minimum Gasteiger partial charge on any atom is -0.369 e. The molecule has 0 aromatic heterocycles. The lowest BCUT2D eigenvalue weighted by Gasteiger charge is -2.32. The minimum atomic E-state index is 0.277. The molecule has 0 spiro atoms. The zero-order chi connectivity index (χ0) is 9.80. The van der Waals surface area contributed by atoms with Crippen molar-refractivity contribution in [3.8, 4) is 0 Å². The largest absolute Gasteiger partial charge is 0.369 e. The molecular formula is C12H21NO. The van der Waals surface area contributed by atoms with Gasteiger partial charge in [-0.25, -0.2) is 0 Å². The summed E-state index contributed by atoms with van der Waals surface area (Å²) in [5, 5.41) is 0. The summed E-state index contributed by atoms with van der Waals surface area (Å²) >= 11 is 0. The van der Waals surface area contributed by atoms with Gasteiger partial charge in [0, 0.05) is 6.04 Å². The summed E-state index contributed by atoms with van der Waals surface area (Å²) in [7, 11) is 0. The van der Waals surface area contributed by atoms with Crippen LogP contribution in [0.25, 0.3) is 0 Å². The Morgan fingerprint density at radius 1 is 1.07 bits per heavy atom. The maximum absolute atomic E-state index is 6.05. The molecule has 80 valence electrons. The number of allylic oxidation sites excluding steroid dienone is 1. The Labute approximate surface area is 86.5 Å². The lowest BCUT2D eigenvalue weighted by atomic mass is 9.92. The number of ether oxygens (including phenoxy) is 1. The fourth-order valence-corrected chi connectivity index (χ4v) is 2.41. The summed E-state index contributed by atoms with van der Waals surface area (Å²) in [4.78, 5) is 0. The highest BCUT2D eigenvalue weighted by Crippen LogP contribution is 2.23. The predicted molar refractivity (Wildman–Crippen MR) is 58.1 cm³/mol. The molecule has 0 amide bonds. The monoisotopic (exact) mass is 195 g/mol. The van der Waals surface area contributed by atoms with Crippen molar-refractivity contribution in [3.63, 3.8) is 0 Å². The smallest absolute Gasteiger partial charge is 0.0760 e. The average Bonchev–Trinajstić information content (AvgIpc) is 2.23. The van der Waals surface area contributed by atoms with E-state index in [1.807, 2.05) is 0 Å². The van der Waals surface area contributed by atoms with E-state index in [2.05, 4.69) is 12.2 Å². The normalized spacial score (nSPS) is 38.5. The maximum atomic E-state index is 6.05. The average molecular weight is 195 g/mol. The lowest BCUT2D eigenvalue weighted by Crippen LogP contribution is -2.41. The van der Waals surface area contributed by atoms with E-state index in [0.717, 1.165) is 12.8 Å². The second-order valence-electron chi connectivity index (χ2n) is 4.52. The van der Waals surface area contributed by atoms with Crippen molar-refractivity contribution in [1.29, 1.82) is 0 Å². The number of hydrogen-bond donors (Lipinski definition) is 1. The van der Waals surface area contributed by atoms with E-state index in [1.165, 1.54) is 32.1 Å². The molecule has 2 aliphatic rings. The van der Waals surface area contributed by atoms with Crippen LogP contribution in [0.1, 0.15) is 44.9 Å². The quantitative estimate of drug-likeness (QED) is 0.687. The third kappa shape index (κ3) is 2.58. The Balaban J connectivity index is 1.82. The van der Waals surface area contributed by atoms with Crippen LogP contribution in [0.2, 0.25) is 0 Å². The first-order valence-electron chi connectivity index (χ1n) is 5.94. The zero-order valence-corrected chi connectivity index (χ0v) is 8.82. The number of rotatable bonds is 2. The third-order valence-corrected chi connectivity index (χ3v) is 3.31. The van der Waals surface area contributed by atoms with Gasteiger partial charge in [0.1, 0.15) is 0 Å². The molecular weight excluding hydrogens is 174 g/mol. The molecule has 2 N–H and O–H groups in total. The first-order valence-corrected chi connectivity index (χ1v) is 5.94. The van der Waals surface area contributed by atoms with E-state index in [1.54, 1.807) is 0 Å². The van der Waals surface area contributed by atoms with Crippen molar-refractivity contribution in [3.05, 3.63) is 12.2 Å². The molecule has 3 atom stereocenters. The van der Waals surface area contributed by atoms with E-state index in [9.17, 15) is 0 Å². The van der Waals surface area contributed by atoms with E-state index in [-0.39, 0.29) is 6.04 Å². The van der Waals surface area contributed by atoms with Crippen LogP contribution in [-0.4, -0.2) is 18.2 Å². The van der Waals surface area contributed by atoms with Crippen LogP contribution in [0, 0.1) is 0 Å². The van der Waals surface area contributed by atoms with Crippen LogP contribution < -0.4 is 5.73 Å². The molecule has 14 heavy (non-hydrogen) atoms. The molecule has 2 nitrogen and oxygen atoms in total. The Bertz CT molecular complexity index is 202. The van der Waals surface area contributed by atoms with Gasteiger partial charge < -0.3 is 10.5 Å². The molecule has 1 saturated carbocycles. The van der Waals surface area contributed by atoms with Gasteiger partial charge in [0.05, 0.1) is 12.2 Å². The fraction of sp³-hybridized carbons (Fsp3) is 0.833. The van der Waals surface area contributed by atoms with Crippen LogP contribution in [-0.2, 0) is 4.74 Å². The van der Waals surface area contributed by atoms with Crippen molar-refractivity contribution in [2.24, 2.45) is 5.73 Å². The molecule has 2 heteroatoms. The molecule has 0 radical (unpaired) electrons. The predicted octanol–water partition coefficient (Wildman–Crippen LogP) is 2.38. The van der Waals surface area contributed by atoms with Crippen LogP contribution in [0.4, 0.5) is 0 Å². The Hall–Kier alpha value is -0.340. The second kappa shape index (κ2) is 4.94. The summed E-state index contributed by atoms with van der Waals surface area (Å²) in [6, 6.07) is 0.277. The highest BCUT2D eigenvalue weighted by Gasteiger charge is 2.24. The minimum absolute atomic E-state index is 0.277. The highest BCUT2D eigenvalue weighted by molar-refractivity contribution is 4.95. The first-order chi connectivity index (χ1) is 6.86. The number of nitrogens with two attached hydrogens (primary N) is 1. The molecule has 0 aromatic carbocycles. The number of hydrogen-bond acceptors (Lipinski definition) is 2. The van der Waals surface area contributed by atoms with Gasteiger partial charge in [0.15, 0.2) is 0 Å². The van der Waals surface area contributed by atoms with E-state index < -0.39 is 0 Å². The van der Waals surface area contributed by atoms with Crippen LogP contribution >= 0.6 is 0 Å². The molecule has 3 unspecified atom stereocenters. The fourth-order valence-electron chi connectivity index (χ4n) is 2.41. The van der Waals surface area contributed by atoms with Crippen LogP contribution in [0.15, 0.2) is 12.2 Å². The SMILES string of the molecule is NC1CCCCC1OC1C=CCCC1. The van der Waals surface area contributed by atoms with Gasteiger partial charge >= 0.3 is 0 Å². The van der Waals surface area contributed by atoms with Crippen LogP contribution in [0.5, 0.6) is 0 Å². The summed E-state index contributed by atoms with van der Waals surface area (Å²) < 4.78 is 6.03. The Morgan fingerprint density at radius 2 is 1.93 bits per heavy atom. The molecule has 1 fully saturated rings. The van der Waals surface area contributed by atoms with Crippen molar-refractivity contribution >= 4 is 0 Å². The summed E-state index contributed by atoms with van der Waals surface area (Å²) in [5.41, 5.74) is 6.05. The molecule has 0 bridgehead atoms. The van der Waals surface area contributed by atoms with Gasteiger partial charge in [-0.2, -0.15) is 0 Å². The molecule has 0 saturated heterocycles. The molecule has 0 aromatic rings. The van der Waals surface area contributed by atoms with E-state index in [4.69, 9.17) is 10.5 Å². The summed E-state index contributed by atoms with van der Waals surface area (Å²) in [6.45, 7) is 0. The van der Waals surface area contributed by atoms with Gasteiger partial charge in [0.25, 0.3) is 0 Å². The summed E-state index contributed by atoms with van der Waals surface area (Å²) in [5.74, 6) is 0. The van der Waals surface area contributed by atoms with Gasteiger partial charge in [-0.3, -0.25) is 0 Å².